The van der Waals surface area contributed by atoms with Crippen LogP contribution in [0.3, 0.4) is 0 Å². The molecule has 4 nitrogen and oxygen atoms in total. The molecule has 17 heavy (non-hydrogen) atoms. The fraction of sp³-hybridized carbons (Fsp3) is 0.182. The first-order chi connectivity index (χ1) is 7.75. The molecule has 0 aliphatic rings. The van der Waals surface area contributed by atoms with Crippen LogP contribution in [0.15, 0.2) is 30.3 Å². The second-order valence-corrected chi connectivity index (χ2v) is 4.34. The summed E-state index contributed by atoms with van der Waals surface area (Å²) in [6.07, 6.45) is 1.54. The SMILES string of the molecule is O=C([O-])c1nnc(CCc2ccccc2)s1.[Li+]. The Kier molecular flexibility index (Phi) is 5.36. The molecule has 0 radical (unpaired) electrons. The fourth-order valence-corrected chi connectivity index (χ4v) is 2.01. The topological polar surface area (TPSA) is 65.9 Å². The van der Waals surface area contributed by atoms with Crippen LogP contribution in [-0.4, -0.2) is 16.2 Å². The molecule has 0 saturated carbocycles. The van der Waals surface area contributed by atoms with Crippen molar-refractivity contribution < 1.29 is 28.8 Å². The smallest absolute Gasteiger partial charge is 0.542 e. The van der Waals surface area contributed by atoms with Crippen molar-refractivity contribution in [1.29, 1.82) is 0 Å². The van der Waals surface area contributed by atoms with Gasteiger partial charge in [0.15, 0.2) is 5.01 Å². The summed E-state index contributed by atoms with van der Waals surface area (Å²) in [5, 5.41) is 18.5. The molecule has 6 heteroatoms. The molecule has 1 aromatic carbocycles. The van der Waals surface area contributed by atoms with Crippen LogP contribution >= 0.6 is 11.3 Å². The van der Waals surface area contributed by atoms with Crippen LogP contribution in [0, 0.1) is 0 Å². The van der Waals surface area contributed by atoms with E-state index in [-0.39, 0.29) is 23.9 Å². The number of nitrogens with zero attached hydrogens (tertiary/aromatic N) is 2. The van der Waals surface area contributed by atoms with Crippen LogP contribution in [0.4, 0.5) is 0 Å². The number of hydrogen-bond donors (Lipinski definition) is 0. The van der Waals surface area contributed by atoms with E-state index in [0.29, 0.717) is 6.42 Å². The molecule has 0 aliphatic heterocycles. The maximum atomic E-state index is 10.5. The number of aromatic nitrogens is 2. The van der Waals surface area contributed by atoms with Crippen LogP contribution in [0.5, 0.6) is 0 Å². The first-order valence-electron chi connectivity index (χ1n) is 4.83. The molecule has 0 spiro atoms. The van der Waals surface area contributed by atoms with Gasteiger partial charge in [-0.05, 0) is 12.0 Å². The molecule has 1 aromatic heterocycles. The second kappa shape index (κ2) is 6.55. The minimum absolute atomic E-state index is 0. The molecular formula is C11H9LiN2O2S. The van der Waals surface area contributed by atoms with E-state index >= 15 is 0 Å². The minimum Gasteiger partial charge on any atom is -0.542 e. The molecular weight excluding hydrogens is 231 g/mol. The van der Waals surface area contributed by atoms with Gasteiger partial charge in [-0.3, -0.25) is 0 Å². The third-order valence-electron chi connectivity index (χ3n) is 2.11. The predicted molar refractivity (Wildman–Crippen MR) is 58.1 cm³/mol. The number of hydrogen-bond acceptors (Lipinski definition) is 5. The standard InChI is InChI=1S/C11H10N2O2S.Li/c14-11(15)10-13-12-9(16-10)7-6-8-4-2-1-3-5-8;/h1-5H,6-7H2,(H,14,15);/q;+1/p-1. The Balaban J connectivity index is 0.00000144. The van der Waals surface area contributed by atoms with E-state index < -0.39 is 5.97 Å². The number of carbonyl (C=O) groups excluding carboxylic acids is 1. The van der Waals surface area contributed by atoms with Gasteiger partial charge >= 0.3 is 18.9 Å². The van der Waals surface area contributed by atoms with Gasteiger partial charge in [-0.2, -0.15) is 0 Å². The summed E-state index contributed by atoms with van der Waals surface area (Å²) in [7, 11) is 0. The van der Waals surface area contributed by atoms with Gasteiger partial charge in [-0.1, -0.05) is 41.7 Å². The van der Waals surface area contributed by atoms with Gasteiger partial charge < -0.3 is 9.90 Å². The van der Waals surface area contributed by atoms with Gasteiger partial charge in [0.2, 0.25) is 0 Å². The van der Waals surface area contributed by atoms with Crippen LogP contribution in [0.25, 0.3) is 0 Å². The Hall–Kier alpha value is -1.15. The first-order valence-corrected chi connectivity index (χ1v) is 5.65. The summed E-state index contributed by atoms with van der Waals surface area (Å²) in [6, 6.07) is 9.97. The largest absolute Gasteiger partial charge is 1.00 e. The zero-order chi connectivity index (χ0) is 11.4. The van der Waals surface area contributed by atoms with Crippen molar-refractivity contribution in [3.63, 3.8) is 0 Å². The normalized spacial score (nSPS) is 9.65. The number of carbonyl (C=O) groups is 1. The summed E-state index contributed by atoms with van der Waals surface area (Å²) in [6.45, 7) is 0. The van der Waals surface area contributed by atoms with E-state index in [1.165, 1.54) is 5.56 Å². The Labute approximate surface area is 115 Å². The number of carboxylic acids is 1. The molecule has 0 amide bonds. The Morgan fingerprint density at radius 3 is 2.47 bits per heavy atom. The molecule has 2 aromatic rings. The van der Waals surface area contributed by atoms with Gasteiger partial charge in [0.05, 0.1) is 0 Å². The number of aryl methyl sites for hydroxylation is 2. The summed E-state index contributed by atoms with van der Waals surface area (Å²) >= 11 is 1.08. The average molecular weight is 240 g/mol. The van der Waals surface area contributed by atoms with Crippen LogP contribution < -0.4 is 24.0 Å². The molecule has 0 N–H and O–H groups in total. The second-order valence-electron chi connectivity index (χ2n) is 3.27. The quantitative estimate of drug-likeness (QED) is 0.563. The minimum atomic E-state index is -1.26. The van der Waals surface area contributed by atoms with E-state index in [1.807, 2.05) is 30.3 Å². The van der Waals surface area contributed by atoms with E-state index in [9.17, 15) is 9.90 Å². The van der Waals surface area contributed by atoms with Crippen LogP contribution in [-0.2, 0) is 12.8 Å². The predicted octanol–water partition coefficient (Wildman–Crippen LogP) is -2.31. The van der Waals surface area contributed by atoms with Crippen molar-refractivity contribution in [2.45, 2.75) is 12.8 Å². The van der Waals surface area contributed by atoms with Crippen molar-refractivity contribution in [3.8, 4) is 0 Å². The van der Waals surface area contributed by atoms with E-state index in [1.54, 1.807) is 0 Å². The van der Waals surface area contributed by atoms with Crippen LogP contribution in [0.1, 0.15) is 20.4 Å². The monoisotopic (exact) mass is 240 g/mol. The third kappa shape index (κ3) is 3.97. The summed E-state index contributed by atoms with van der Waals surface area (Å²) < 4.78 is 0. The summed E-state index contributed by atoms with van der Waals surface area (Å²) in [5.41, 5.74) is 1.20. The molecule has 0 fully saturated rings. The Morgan fingerprint density at radius 2 is 1.88 bits per heavy atom. The molecule has 2 rings (SSSR count). The molecule has 0 bridgehead atoms. The van der Waals surface area contributed by atoms with Crippen molar-refractivity contribution in [1.82, 2.24) is 10.2 Å². The first kappa shape index (κ1) is 13.9. The average Bonchev–Trinajstić information content (AvgIpc) is 2.76. The van der Waals surface area contributed by atoms with Gasteiger partial charge in [-0.15, -0.1) is 10.2 Å². The van der Waals surface area contributed by atoms with Gasteiger partial charge in [-0.25, -0.2) is 0 Å². The zero-order valence-electron chi connectivity index (χ0n) is 9.42. The molecule has 0 aliphatic carbocycles. The fourth-order valence-electron chi connectivity index (χ4n) is 1.33. The summed E-state index contributed by atoms with van der Waals surface area (Å²) in [4.78, 5) is 10.5. The third-order valence-corrected chi connectivity index (χ3v) is 3.07. The van der Waals surface area contributed by atoms with Gasteiger partial charge in [0.25, 0.3) is 0 Å². The van der Waals surface area contributed by atoms with Gasteiger partial charge in [0.1, 0.15) is 11.0 Å². The van der Waals surface area contributed by atoms with Crippen molar-refractivity contribution >= 4 is 17.3 Å². The molecule has 82 valence electrons. The number of carboxylic acid groups (broad SMARTS) is 1. The number of rotatable bonds is 4. The zero-order valence-corrected chi connectivity index (χ0v) is 10.2. The van der Waals surface area contributed by atoms with Gasteiger partial charge in [0, 0.05) is 6.42 Å². The number of benzene rings is 1. The van der Waals surface area contributed by atoms with E-state index in [2.05, 4.69) is 10.2 Å². The summed E-state index contributed by atoms with van der Waals surface area (Å²) in [5.74, 6) is -1.26. The Bertz CT molecular complexity index is 487. The van der Waals surface area contributed by atoms with Crippen LogP contribution in [0.2, 0.25) is 0 Å². The Morgan fingerprint density at radius 1 is 1.18 bits per heavy atom. The van der Waals surface area contributed by atoms with Crippen molar-refractivity contribution in [2.24, 2.45) is 0 Å². The molecule has 1 heterocycles. The molecule has 0 unspecified atom stereocenters. The maximum Gasteiger partial charge on any atom is 1.00 e. The number of aromatic carboxylic acids is 1. The molecule has 0 atom stereocenters. The maximum absolute atomic E-state index is 10.5. The van der Waals surface area contributed by atoms with E-state index in [0.717, 1.165) is 22.8 Å². The van der Waals surface area contributed by atoms with E-state index in [4.69, 9.17) is 0 Å². The van der Waals surface area contributed by atoms with Crippen molar-refractivity contribution in [3.05, 3.63) is 45.9 Å². The molecule has 0 saturated heterocycles. The van der Waals surface area contributed by atoms with Crippen molar-refractivity contribution in [2.75, 3.05) is 0 Å².